The number of nitrogens with one attached hydrogen (secondary N) is 1. The number of nitrogens with zero attached hydrogens (tertiary/aromatic N) is 2. The molecule has 100 valence electrons. The summed E-state index contributed by atoms with van der Waals surface area (Å²) in [4.78, 5) is 4.42. The molecule has 1 aliphatic rings. The third-order valence-electron chi connectivity index (χ3n) is 3.71. The van der Waals surface area contributed by atoms with E-state index in [9.17, 15) is 4.39 Å². The standard InChI is InChI=1S/C14H22FN3/c1-17(2)14(11-6-4-5-7-12(11)15)13-10-16-8-9-18(13)3/h4-7,13-14,16H,8-10H2,1-3H3. The van der Waals surface area contributed by atoms with Crippen molar-refractivity contribution in [3.63, 3.8) is 0 Å². The van der Waals surface area contributed by atoms with Crippen LogP contribution in [0.3, 0.4) is 0 Å². The fourth-order valence-corrected chi connectivity index (χ4v) is 2.72. The summed E-state index contributed by atoms with van der Waals surface area (Å²) < 4.78 is 14.0. The van der Waals surface area contributed by atoms with Gasteiger partial charge in [-0.05, 0) is 27.2 Å². The first-order valence-corrected chi connectivity index (χ1v) is 6.43. The summed E-state index contributed by atoms with van der Waals surface area (Å²) >= 11 is 0. The van der Waals surface area contributed by atoms with Gasteiger partial charge >= 0.3 is 0 Å². The van der Waals surface area contributed by atoms with E-state index in [1.54, 1.807) is 12.1 Å². The minimum atomic E-state index is -0.116. The van der Waals surface area contributed by atoms with Crippen LogP contribution < -0.4 is 5.32 Å². The van der Waals surface area contributed by atoms with Crippen molar-refractivity contribution in [3.8, 4) is 0 Å². The zero-order chi connectivity index (χ0) is 13.1. The van der Waals surface area contributed by atoms with Crippen LogP contribution in [0.2, 0.25) is 0 Å². The largest absolute Gasteiger partial charge is 0.314 e. The number of hydrogen-bond donors (Lipinski definition) is 1. The lowest BCUT2D eigenvalue weighted by molar-refractivity contribution is 0.105. The Labute approximate surface area is 109 Å². The molecule has 0 spiro atoms. The molecule has 1 heterocycles. The number of hydrogen-bond acceptors (Lipinski definition) is 3. The van der Waals surface area contributed by atoms with Crippen LogP contribution in [0.25, 0.3) is 0 Å². The fourth-order valence-electron chi connectivity index (χ4n) is 2.72. The normalized spacial score (nSPS) is 23.3. The molecule has 4 heteroatoms. The van der Waals surface area contributed by atoms with Gasteiger partial charge < -0.3 is 10.2 Å². The van der Waals surface area contributed by atoms with E-state index in [1.165, 1.54) is 0 Å². The maximum absolute atomic E-state index is 14.0. The van der Waals surface area contributed by atoms with E-state index >= 15 is 0 Å². The first-order chi connectivity index (χ1) is 8.61. The van der Waals surface area contributed by atoms with E-state index in [0.29, 0.717) is 6.04 Å². The first-order valence-electron chi connectivity index (χ1n) is 6.43. The molecule has 2 unspecified atom stereocenters. The minimum Gasteiger partial charge on any atom is -0.314 e. The van der Waals surface area contributed by atoms with Crippen LogP contribution in [0.1, 0.15) is 11.6 Å². The van der Waals surface area contributed by atoms with Crippen molar-refractivity contribution in [1.82, 2.24) is 15.1 Å². The zero-order valence-electron chi connectivity index (χ0n) is 11.4. The lowest BCUT2D eigenvalue weighted by atomic mass is 9.95. The smallest absolute Gasteiger partial charge is 0.128 e. The molecular weight excluding hydrogens is 229 g/mol. The van der Waals surface area contributed by atoms with Gasteiger partial charge in [-0.2, -0.15) is 0 Å². The lowest BCUT2D eigenvalue weighted by Gasteiger charge is -2.41. The predicted molar refractivity (Wildman–Crippen MR) is 72.1 cm³/mol. The summed E-state index contributed by atoms with van der Waals surface area (Å²) in [5.74, 6) is -0.116. The van der Waals surface area contributed by atoms with Crippen LogP contribution >= 0.6 is 0 Å². The van der Waals surface area contributed by atoms with Crippen LogP contribution in [0.4, 0.5) is 4.39 Å². The second-order valence-electron chi connectivity index (χ2n) is 5.18. The molecule has 1 N–H and O–H groups in total. The molecule has 18 heavy (non-hydrogen) atoms. The molecule has 0 radical (unpaired) electrons. The Bertz CT molecular complexity index is 394. The first kappa shape index (κ1) is 13.5. The van der Waals surface area contributed by atoms with Gasteiger partial charge in [0, 0.05) is 31.2 Å². The molecule has 1 fully saturated rings. The van der Waals surface area contributed by atoms with E-state index in [1.807, 2.05) is 26.2 Å². The van der Waals surface area contributed by atoms with Gasteiger partial charge in [0.05, 0.1) is 6.04 Å². The SMILES string of the molecule is CN(C)C(c1ccccc1F)C1CNCCN1C. The highest BCUT2D eigenvalue weighted by Crippen LogP contribution is 2.27. The molecule has 2 atom stereocenters. The average molecular weight is 251 g/mol. The van der Waals surface area contributed by atoms with Gasteiger partial charge in [0.25, 0.3) is 0 Å². The molecule has 1 saturated heterocycles. The summed E-state index contributed by atoms with van der Waals surface area (Å²) in [6, 6.07) is 7.46. The molecular formula is C14H22FN3. The monoisotopic (exact) mass is 251 g/mol. The quantitative estimate of drug-likeness (QED) is 0.874. The third kappa shape index (κ3) is 2.71. The van der Waals surface area contributed by atoms with Crippen molar-refractivity contribution < 1.29 is 4.39 Å². The number of benzene rings is 1. The second kappa shape index (κ2) is 5.78. The Morgan fingerprint density at radius 2 is 2.11 bits per heavy atom. The molecule has 0 saturated carbocycles. The fraction of sp³-hybridized carbons (Fsp3) is 0.571. The number of piperazine rings is 1. The van der Waals surface area contributed by atoms with Gasteiger partial charge in [0.1, 0.15) is 5.82 Å². The lowest BCUT2D eigenvalue weighted by Crippen LogP contribution is -2.54. The summed E-state index contributed by atoms with van der Waals surface area (Å²) in [6.45, 7) is 2.90. The minimum absolute atomic E-state index is 0.0731. The molecule has 0 aromatic heterocycles. The van der Waals surface area contributed by atoms with Crippen LogP contribution in [-0.2, 0) is 0 Å². The summed E-state index contributed by atoms with van der Waals surface area (Å²) in [5.41, 5.74) is 0.781. The van der Waals surface area contributed by atoms with E-state index in [0.717, 1.165) is 25.2 Å². The maximum Gasteiger partial charge on any atom is 0.128 e. The Balaban J connectivity index is 2.31. The Hall–Kier alpha value is -0.970. The van der Waals surface area contributed by atoms with Gasteiger partial charge in [-0.1, -0.05) is 18.2 Å². The highest BCUT2D eigenvalue weighted by Gasteiger charge is 2.31. The maximum atomic E-state index is 14.0. The molecule has 1 aromatic rings. The van der Waals surface area contributed by atoms with Crippen molar-refractivity contribution in [1.29, 1.82) is 0 Å². The molecule has 2 rings (SSSR count). The van der Waals surface area contributed by atoms with Crippen molar-refractivity contribution in [2.45, 2.75) is 12.1 Å². The molecule has 1 aromatic carbocycles. The molecule has 3 nitrogen and oxygen atoms in total. The van der Waals surface area contributed by atoms with E-state index in [2.05, 4.69) is 22.2 Å². The number of likely N-dealkylation sites (N-methyl/N-ethyl adjacent to an activating group) is 2. The van der Waals surface area contributed by atoms with Crippen LogP contribution in [-0.4, -0.2) is 56.6 Å². The average Bonchev–Trinajstić information content (AvgIpc) is 2.34. The van der Waals surface area contributed by atoms with Gasteiger partial charge in [0.2, 0.25) is 0 Å². The Morgan fingerprint density at radius 3 is 2.72 bits per heavy atom. The summed E-state index contributed by atoms with van der Waals surface area (Å²) in [7, 11) is 6.14. The second-order valence-corrected chi connectivity index (χ2v) is 5.18. The van der Waals surface area contributed by atoms with Crippen LogP contribution in [0, 0.1) is 5.82 Å². The van der Waals surface area contributed by atoms with Crippen LogP contribution in [0.5, 0.6) is 0 Å². The third-order valence-corrected chi connectivity index (χ3v) is 3.71. The number of halogens is 1. The van der Waals surface area contributed by atoms with Crippen molar-refractivity contribution >= 4 is 0 Å². The van der Waals surface area contributed by atoms with Crippen molar-refractivity contribution in [2.24, 2.45) is 0 Å². The highest BCUT2D eigenvalue weighted by atomic mass is 19.1. The molecule has 0 bridgehead atoms. The molecule has 0 amide bonds. The Kier molecular flexibility index (Phi) is 4.32. The summed E-state index contributed by atoms with van der Waals surface area (Å²) in [5, 5.41) is 3.40. The molecule has 1 aliphatic heterocycles. The van der Waals surface area contributed by atoms with Crippen molar-refractivity contribution in [3.05, 3.63) is 35.6 Å². The van der Waals surface area contributed by atoms with Gasteiger partial charge in [-0.15, -0.1) is 0 Å². The highest BCUT2D eigenvalue weighted by molar-refractivity contribution is 5.23. The van der Waals surface area contributed by atoms with Gasteiger partial charge in [0.15, 0.2) is 0 Å². The van der Waals surface area contributed by atoms with Crippen molar-refractivity contribution in [2.75, 3.05) is 40.8 Å². The van der Waals surface area contributed by atoms with Gasteiger partial charge in [-0.3, -0.25) is 4.90 Å². The topological polar surface area (TPSA) is 18.5 Å². The van der Waals surface area contributed by atoms with Crippen LogP contribution in [0.15, 0.2) is 24.3 Å². The van der Waals surface area contributed by atoms with E-state index < -0.39 is 0 Å². The van der Waals surface area contributed by atoms with E-state index in [-0.39, 0.29) is 11.9 Å². The summed E-state index contributed by atoms with van der Waals surface area (Å²) in [6.07, 6.45) is 0. The Morgan fingerprint density at radius 1 is 1.39 bits per heavy atom. The van der Waals surface area contributed by atoms with E-state index in [4.69, 9.17) is 0 Å². The zero-order valence-corrected chi connectivity index (χ0v) is 11.4. The predicted octanol–water partition coefficient (Wildman–Crippen LogP) is 1.33. The molecule has 0 aliphatic carbocycles. The number of rotatable bonds is 3. The van der Waals surface area contributed by atoms with Gasteiger partial charge in [-0.25, -0.2) is 4.39 Å².